The van der Waals surface area contributed by atoms with Gasteiger partial charge < -0.3 is 9.84 Å². The van der Waals surface area contributed by atoms with Crippen LogP contribution in [0.1, 0.15) is 17.3 Å². The number of anilines is 1. The van der Waals surface area contributed by atoms with E-state index in [4.69, 9.17) is 9.84 Å². The van der Waals surface area contributed by atoms with E-state index in [0.717, 1.165) is 0 Å². The van der Waals surface area contributed by atoms with Gasteiger partial charge in [-0.2, -0.15) is 0 Å². The lowest BCUT2D eigenvalue weighted by atomic mass is 10.1. The number of ether oxygens (including phenoxy) is 1. The molecule has 0 atom stereocenters. The van der Waals surface area contributed by atoms with Gasteiger partial charge in [0, 0.05) is 5.56 Å². The van der Waals surface area contributed by atoms with Crippen molar-refractivity contribution in [2.45, 2.75) is 6.92 Å². The number of amides is 1. The Morgan fingerprint density at radius 3 is 2.69 bits per heavy atom. The Hall–Kier alpha value is -1.88. The molecule has 0 heterocycles. The van der Waals surface area contributed by atoms with Crippen molar-refractivity contribution in [2.75, 3.05) is 18.5 Å². The minimum absolute atomic E-state index is 0.252. The molecule has 86 valence electrons. The molecule has 0 bridgehead atoms. The molecule has 1 amide bonds. The van der Waals surface area contributed by atoms with Crippen molar-refractivity contribution in [1.29, 1.82) is 0 Å². The maximum Gasteiger partial charge on any atom is 0.411 e. The topological polar surface area (TPSA) is 75.6 Å². The summed E-state index contributed by atoms with van der Waals surface area (Å²) in [7, 11) is 0. The molecule has 0 saturated heterocycles. The van der Waals surface area contributed by atoms with E-state index in [1.807, 2.05) is 0 Å². The van der Waals surface area contributed by atoms with Gasteiger partial charge in [0.05, 0.1) is 12.3 Å². The fourth-order valence-electron chi connectivity index (χ4n) is 1.20. The highest BCUT2D eigenvalue weighted by atomic mass is 16.5. The highest BCUT2D eigenvalue weighted by Gasteiger charge is 2.11. The molecule has 1 aromatic carbocycles. The van der Waals surface area contributed by atoms with Crippen LogP contribution < -0.4 is 5.32 Å². The van der Waals surface area contributed by atoms with Crippen LogP contribution in [0, 0.1) is 0 Å². The van der Waals surface area contributed by atoms with E-state index < -0.39 is 18.5 Å². The van der Waals surface area contributed by atoms with Gasteiger partial charge in [0.2, 0.25) is 0 Å². The summed E-state index contributed by atoms with van der Waals surface area (Å²) in [5.74, 6) is -0.451. The van der Waals surface area contributed by atoms with Gasteiger partial charge in [-0.1, -0.05) is 12.1 Å². The quantitative estimate of drug-likeness (QED) is 0.757. The Morgan fingerprint density at radius 1 is 1.38 bits per heavy atom. The number of aliphatic hydroxyl groups excluding tert-OH is 1. The lowest BCUT2D eigenvalue weighted by molar-refractivity contribution is 0.0904. The fourth-order valence-corrected chi connectivity index (χ4v) is 1.20. The zero-order chi connectivity index (χ0) is 12.0. The van der Waals surface area contributed by atoms with Gasteiger partial charge in [0.15, 0.2) is 5.78 Å². The van der Waals surface area contributed by atoms with Crippen molar-refractivity contribution in [2.24, 2.45) is 0 Å². The predicted molar refractivity (Wildman–Crippen MR) is 58.5 cm³/mol. The molecule has 0 aromatic heterocycles. The number of carbonyl (C=O) groups excluding carboxylic acids is 2. The van der Waals surface area contributed by atoms with Crippen LogP contribution in [0.25, 0.3) is 0 Å². The van der Waals surface area contributed by atoms with Crippen LogP contribution in [0.2, 0.25) is 0 Å². The average molecular weight is 223 g/mol. The van der Waals surface area contributed by atoms with Crippen LogP contribution in [0.5, 0.6) is 0 Å². The first kappa shape index (κ1) is 12.2. The summed E-state index contributed by atoms with van der Waals surface area (Å²) in [4.78, 5) is 22.5. The number of hydrogen-bond acceptors (Lipinski definition) is 4. The second kappa shape index (κ2) is 5.87. The number of aliphatic hydroxyl groups is 1. The number of Topliss-reactive ketones (excluding diaryl/α,β-unsaturated/α-hetero) is 1. The SMILES string of the molecule is CCOC(=O)Nc1ccccc1C(=O)CO. The Morgan fingerprint density at radius 2 is 2.06 bits per heavy atom. The summed E-state index contributed by atoms with van der Waals surface area (Å²) >= 11 is 0. The van der Waals surface area contributed by atoms with E-state index in [9.17, 15) is 9.59 Å². The van der Waals surface area contributed by atoms with Crippen molar-refractivity contribution in [1.82, 2.24) is 0 Å². The van der Waals surface area contributed by atoms with E-state index in [-0.39, 0.29) is 12.2 Å². The van der Waals surface area contributed by atoms with Gasteiger partial charge in [-0.15, -0.1) is 0 Å². The molecule has 0 radical (unpaired) electrons. The summed E-state index contributed by atoms with van der Waals surface area (Å²) in [5, 5.41) is 11.2. The molecule has 0 aliphatic carbocycles. The van der Waals surface area contributed by atoms with Crippen molar-refractivity contribution in [3.8, 4) is 0 Å². The molecular weight excluding hydrogens is 210 g/mol. The lowest BCUT2D eigenvalue weighted by Crippen LogP contribution is -2.16. The number of nitrogens with one attached hydrogen (secondary N) is 1. The van der Waals surface area contributed by atoms with Crippen LogP contribution in [0.15, 0.2) is 24.3 Å². The number of benzene rings is 1. The zero-order valence-electron chi connectivity index (χ0n) is 8.90. The standard InChI is InChI=1S/C11H13NO4/c1-2-16-11(15)12-9-6-4-3-5-8(9)10(14)7-13/h3-6,13H,2,7H2,1H3,(H,12,15). The number of rotatable bonds is 4. The second-order valence-electron chi connectivity index (χ2n) is 2.97. The molecule has 5 nitrogen and oxygen atoms in total. The third-order valence-electron chi connectivity index (χ3n) is 1.88. The van der Waals surface area contributed by atoms with Crippen LogP contribution in [-0.2, 0) is 4.74 Å². The van der Waals surface area contributed by atoms with Crippen LogP contribution >= 0.6 is 0 Å². The van der Waals surface area contributed by atoms with Crippen molar-refractivity contribution in [3.63, 3.8) is 0 Å². The Labute approximate surface area is 93.0 Å². The van der Waals surface area contributed by atoms with Gasteiger partial charge in [0.1, 0.15) is 6.61 Å². The first-order valence-electron chi connectivity index (χ1n) is 4.86. The molecule has 0 unspecified atom stereocenters. The molecule has 0 spiro atoms. The molecule has 16 heavy (non-hydrogen) atoms. The Kier molecular flexibility index (Phi) is 4.47. The molecular formula is C11H13NO4. The van der Waals surface area contributed by atoms with Gasteiger partial charge in [-0.05, 0) is 19.1 Å². The zero-order valence-corrected chi connectivity index (χ0v) is 8.90. The molecule has 0 fully saturated rings. The maximum atomic E-state index is 11.3. The summed E-state index contributed by atoms with van der Waals surface area (Å²) in [5.41, 5.74) is 0.595. The minimum Gasteiger partial charge on any atom is -0.450 e. The lowest BCUT2D eigenvalue weighted by Gasteiger charge is -2.08. The third-order valence-corrected chi connectivity index (χ3v) is 1.88. The van der Waals surface area contributed by atoms with E-state index in [1.54, 1.807) is 25.1 Å². The first-order chi connectivity index (χ1) is 7.69. The van der Waals surface area contributed by atoms with E-state index in [1.165, 1.54) is 6.07 Å². The highest BCUT2D eigenvalue weighted by Crippen LogP contribution is 2.15. The largest absolute Gasteiger partial charge is 0.450 e. The fraction of sp³-hybridized carbons (Fsp3) is 0.273. The average Bonchev–Trinajstić information content (AvgIpc) is 2.29. The van der Waals surface area contributed by atoms with Gasteiger partial charge in [-0.3, -0.25) is 10.1 Å². The van der Waals surface area contributed by atoms with Crippen molar-refractivity contribution >= 4 is 17.6 Å². The Bertz CT molecular complexity index is 389. The molecule has 0 saturated carbocycles. The van der Waals surface area contributed by atoms with Crippen LogP contribution in [0.3, 0.4) is 0 Å². The van der Waals surface area contributed by atoms with E-state index in [2.05, 4.69) is 5.32 Å². The summed E-state index contributed by atoms with van der Waals surface area (Å²) in [6.45, 7) is 1.34. The predicted octanol–water partition coefficient (Wildman–Crippen LogP) is 1.43. The highest BCUT2D eigenvalue weighted by molar-refractivity contribution is 6.04. The van der Waals surface area contributed by atoms with Crippen molar-refractivity contribution in [3.05, 3.63) is 29.8 Å². The number of ketones is 1. The monoisotopic (exact) mass is 223 g/mol. The molecule has 0 aliphatic rings. The number of carbonyl (C=O) groups is 2. The molecule has 2 N–H and O–H groups in total. The van der Waals surface area contributed by atoms with Gasteiger partial charge in [-0.25, -0.2) is 4.79 Å². The summed E-state index contributed by atoms with van der Waals surface area (Å²) in [6.07, 6.45) is -0.624. The van der Waals surface area contributed by atoms with Gasteiger partial charge >= 0.3 is 6.09 Å². The smallest absolute Gasteiger partial charge is 0.411 e. The van der Waals surface area contributed by atoms with Gasteiger partial charge in [0.25, 0.3) is 0 Å². The summed E-state index contributed by atoms with van der Waals surface area (Å²) in [6, 6.07) is 6.43. The van der Waals surface area contributed by atoms with Crippen LogP contribution in [-0.4, -0.2) is 30.2 Å². The minimum atomic E-state index is -0.624. The van der Waals surface area contributed by atoms with Crippen molar-refractivity contribution < 1.29 is 19.4 Å². The first-order valence-corrected chi connectivity index (χ1v) is 4.86. The number of para-hydroxylation sites is 1. The molecule has 1 rings (SSSR count). The normalized spacial score (nSPS) is 9.62. The van der Waals surface area contributed by atoms with E-state index >= 15 is 0 Å². The third kappa shape index (κ3) is 3.06. The summed E-state index contributed by atoms with van der Waals surface area (Å²) < 4.78 is 4.69. The Balaban J connectivity index is 2.87. The molecule has 1 aromatic rings. The molecule has 5 heteroatoms. The molecule has 0 aliphatic heterocycles. The van der Waals surface area contributed by atoms with Crippen LogP contribution in [0.4, 0.5) is 10.5 Å². The second-order valence-corrected chi connectivity index (χ2v) is 2.97. The van der Waals surface area contributed by atoms with E-state index in [0.29, 0.717) is 5.69 Å². The maximum absolute atomic E-state index is 11.3. The number of hydrogen-bond donors (Lipinski definition) is 2.